The zero-order chi connectivity index (χ0) is 10.8. The minimum atomic E-state index is 0.757. The number of rotatable bonds is 2. The Kier molecular flexibility index (Phi) is 2.07. The van der Waals surface area contributed by atoms with Gasteiger partial charge in [-0.15, -0.1) is 0 Å². The van der Waals surface area contributed by atoms with Gasteiger partial charge in [0.15, 0.2) is 0 Å². The predicted octanol–water partition coefficient (Wildman–Crippen LogP) is 3.11. The molecule has 0 aliphatic carbocycles. The molecule has 2 N–H and O–H groups in total. The first-order chi connectivity index (χ1) is 7.92. The van der Waals surface area contributed by atoms with Gasteiger partial charge in [0.2, 0.25) is 5.95 Å². The summed E-state index contributed by atoms with van der Waals surface area (Å²) < 4.78 is 0. The van der Waals surface area contributed by atoms with Crippen LogP contribution in [0.5, 0.6) is 0 Å². The third-order valence-corrected chi connectivity index (χ3v) is 2.37. The Bertz CT molecular complexity index is 566. The van der Waals surface area contributed by atoms with Gasteiger partial charge in [-0.25, -0.2) is 4.98 Å². The van der Waals surface area contributed by atoms with E-state index in [1.807, 2.05) is 48.5 Å². The van der Waals surface area contributed by atoms with Crippen LogP contribution in [-0.2, 0) is 0 Å². The molecule has 0 amide bonds. The average Bonchev–Trinajstić information content (AvgIpc) is 2.72. The first-order valence-corrected chi connectivity index (χ1v) is 5.10. The Balaban J connectivity index is 1.95. The number of benzene rings is 2. The molecule has 3 heteroatoms. The molecule has 3 aromatic rings. The lowest BCUT2D eigenvalue weighted by atomic mass is 10.3. The third kappa shape index (κ3) is 1.63. The van der Waals surface area contributed by atoms with Gasteiger partial charge in [0.25, 0.3) is 0 Å². The van der Waals surface area contributed by atoms with E-state index in [1.165, 1.54) is 0 Å². The molecule has 16 heavy (non-hydrogen) atoms. The summed E-state index contributed by atoms with van der Waals surface area (Å²) in [4.78, 5) is 7.64. The third-order valence-electron chi connectivity index (χ3n) is 2.37. The maximum absolute atomic E-state index is 4.43. The second-order valence-corrected chi connectivity index (χ2v) is 3.52. The Morgan fingerprint density at radius 2 is 1.88 bits per heavy atom. The summed E-state index contributed by atoms with van der Waals surface area (Å²) >= 11 is 0. The van der Waals surface area contributed by atoms with Crippen molar-refractivity contribution in [2.75, 3.05) is 5.32 Å². The summed E-state index contributed by atoms with van der Waals surface area (Å²) in [5.41, 5.74) is 3.00. The van der Waals surface area contributed by atoms with Crippen LogP contribution in [0.4, 0.5) is 11.6 Å². The Hall–Kier alpha value is -2.29. The van der Waals surface area contributed by atoms with Crippen molar-refractivity contribution in [3.63, 3.8) is 0 Å². The van der Waals surface area contributed by atoms with Crippen LogP contribution in [0.3, 0.4) is 0 Å². The number of H-pyrrole nitrogens is 1. The minimum absolute atomic E-state index is 0.757. The highest BCUT2D eigenvalue weighted by Crippen LogP contribution is 2.17. The summed E-state index contributed by atoms with van der Waals surface area (Å²) in [6.45, 7) is 0. The zero-order valence-corrected chi connectivity index (χ0v) is 8.57. The van der Waals surface area contributed by atoms with E-state index in [-0.39, 0.29) is 0 Å². The second-order valence-electron chi connectivity index (χ2n) is 3.52. The number of aromatic nitrogens is 2. The first kappa shape index (κ1) is 8.97. The average molecular weight is 208 g/mol. The van der Waals surface area contributed by atoms with E-state index < -0.39 is 0 Å². The number of hydrogen-bond acceptors (Lipinski definition) is 2. The van der Waals surface area contributed by atoms with E-state index in [0.29, 0.717) is 0 Å². The molecule has 0 bridgehead atoms. The van der Waals surface area contributed by atoms with Crippen molar-refractivity contribution in [1.29, 1.82) is 0 Å². The molecule has 0 unspecified atom stereocenters. The van der Waals surface area contributed by atoms with Gasteiger partial charge in [0.1, 0.15) is 0 Å². The summed E-state index contributed by atoms with van der Waals surface area (Å²) in [5, 5.41) is 3.21. The highest BCUT2D eigenvalue weighted by Gasteiger charge is 2.00. The quantitative estimate of drug-likeness (QED) is 0.679. The highest BCUT2D eigenvalue weighted by molar-refractivity contribution is 5.78. The number of fused-ring (bicyclic) bond motifs is 1. The van der Waals surface area contributed by atoms with Crippen molar-refractivity contribution in [2.24, 2.45) is 0 Å². The van der Waals surface area contributed by atoms with Crippen LogP contribution in [0.2, 0.25) is 0 Å². The largest absolute Gasteiger partial charge is 0.326 e. The van der Waals surface area contributed by atoms with Gasteiger partial charge in [-0.1, -0.05) is 24.3 Å². The number of anilines is 2. The van der Waals surface area contributed by atoms with E-state index in [1.54, 1.807) is 0 Å². The van der Waals surface area contributed by atoms with Crippen molar-refractivity contribution >= 4 is 22.7 Å². The van der Waals surface area contributed by atoms with Crippen molar-refractivity contribution in [3.8, 4) is 0 Å². The molecule has 0 saturated carbocycles. The lowest BCUT2D eigenvalue weighted by Gasteiger charge is -2.00. The standard InChI is InChI=1S/C13H10N3/c1-2-6-10(7-3-1)14-13-15-11-8-4-5-9-12(11)16-13/h2-9H,(H2,14,15,16). The molecule has 0 spiro atoms. The van der Waals surface area contributed by atoms with Crippen LogP contribution in [-0.4, -0.2) is 9.97 Å². The number of para-hydroxylation sites is 2. The maximum atomic E-state index is 4.43. The van der Waals surface area contributed by atoms with Gasteiger partial charge < -0.3 is 10.3 Å². The van der Waals surface area contributed by atoms with Gasteiger partial charge in [-0.2, -0.15) is 0 Å². The topological polar surface area (TPSA) is 40.7 Å². The van der Waals surface area contributed by atoms with Crippen LogP contribution < -0.4 is 5.32 Å². The van der Waals surface area contributed by atoms with Crippen LogP contribution >= 0.6 is 0 Å². The lowest BCUT2D eigenvalue weighted by molar-refractivity contribution is 1.31. The van der Waals surface area contributed by atoms with Crippen molar-refractivity contribution in [3.05, 3.63) is 54.6 Å². The SMILES string of the molecule is [c]1ccc(Nc2nc3ccccc3[nH]2)cc1. The molecular weight excluding hydrogens is 198 g/mol. The smallest absolute Gasteiger partial charge is 0.205 e. The summed E-state index contributed by atoms with van der Waals surface area (Å²) in [7, 11) is 0. The van der Waals surface area contributed by atoms with Crippen molar-refractivity contribution < 1.29 is 0 Å². The fraction of sp³-hybridized carbons (Fsp3) is 0. The second kappa shape index (κ2) is 3.70. The molecule has 77 valence electrons. The Labute approximate surface area is 93.1 Å². The maximum Gasteiger partial charge on any atom is 0.205 e. The van der Waals surface area contributed by atoms with Gasteiger partial charge >= 0.3 is 0 Å². The number of aromatic amines is 1. The molecule has 1 aromatic heterocycles. The molecule has 0 aliphatic heterocycles. The summed E-state index contributed by atoms with van der Waals surface area (Å²) in [6, 6.07) is 18.6. The van der Waals surface area contributed by atoms with E-state index in [0.717, 1.165) is 22.7 Å². The fourth-order valence-corrected chi connectivity index (χ4v) is 1.62. The van der Waals surface area contributed by atoms with E-state index >= 15 is 0 Å². The Morgan fingerprint density at radius 1 is 1.06 bits per heavy atom. The molecule has 1 heterocycles. The normalized spacial score (nSPS) is 10.5. The minimum Gasteiger partial charge on any atom is -0.326 e. The molecule has 1 radical (unpaired) electrons. The zero-order valence-electron chi connectivity index (χ0n) is 8.57. The van der Waals surface area contributed by atoms with Gasteiger partial charge in [0, 0.05) is 5.69 Å². The molecule has 0 atom stereocenters. The van der Waals surface area contributed by atoms with Gasteiger partial charge in [0.05, 0.1) is 11.0 Å². The first-order valence-electron chi connectivity index (χ1n) is 5.10. The van der Waals surface area contributed by atoms with E-state index in [2.05, 4.69) is 21.4 Å². The van der Waals surface area contributed by atoms with Crippen LogP contribution in [0.1, 0.15) is 0 Å². The molecule has 0 aliphatic rings. The molecule has 3 nitrogen and oxygen atoms in total. The molecular formula is C13H10N3. The van der Waals surface area contributed by atoms with Crippen LogP contribution in [0.15, 0.2) is 48.5 Å². The number of nitrogens with one attached hydrogen (secondary N) is 2. The van der Waals surface area contributed by atoms with Gasteiger partial charge in [-0.3, -0.25) is 0 Å². The number of nitrogens with zero attached hydrogens (tertiary/aromatic N) is 1. The molecule has 0 fully saturated rings. The summed E-state index contributed by atoms with van der Waals surface area (Å²) in [5.74, 6) is 0.757. The van der Waals surface area contributed by atoms with Crippen LogP contribution in [0.25, 0.3) is 11.0 Å². The van der Waals surface area contributed by atoms with E-state index in [9.17, 15) is 0 Å². The Morgan fingerprint density at radius 3 is 2.69 bits per heavy atom. The van der Waals surface area contributed by atoms with Crippen molar-refractivity contribution in [2.45, 2.75) is 0 Å². The molecule has 2 aromatic carbocycles. The lowest BCUT2D eigenvalue weighted by Crippen LogP contribution is -1.90. The number of hydrogen-bond donors (Lipinski definition) is 2. The van der Waals surface area contributed by atoms with Crippen molar-refractivity contribution in [1.82, 2.24) is 9.97 Å². The summed E-state index contributed by atoms with van der Waals surface area (Å²) in [6.07, 6.45) is 0. The molecule has 3 rings (SSSR count). The highest BCUT2D eigenvalue weighted by atomic mass is 15.1. The monoisotopic (exact) mass is 208 g/mol. The van der Waals surface area contributed by atoms with Crippen LogP contribution in [0, 0.1) is 6.07 Å². The molecule has 0 saturated heterocycles. The van der Waals surface area contributed by atoms with Gasteiger partial charge in [-0.05, 0) is 30.3 Å². The fourth-order valence-electron chi connectivity index (χ4n) is 1.62. The predicted molar refractivity (Wildman–Crippen MR) is 64.7 cm³/mol. The van der Waals surface area contributed by atoms with E-state index in [4.69, 9.17) is 0 Å². The number of imidazole rings is 1.